The Hall–Kier alpha value is 0.260. The summed E-state index contributed by atoms with van der Waals surface area (Å²) in [5, 5.41) is 0. The summed E-state index contributed by atoms with van der Waals surface area (Å²) in [5.74, 6) is 3.89. The second-order valence-corrected chi connectivity index (χ2v) is 6.15. The topological polar surface area (TPSA) is 12.5 Å². The van der Waals surface area contributed by atoms with Gasteiger partial charge in [0.25, 0.3) is 0 Å². The molecule has 0 aliphatic carbocycles. The summed E-state index contributed by atoms with van der Waals surface area (Å²) in [7, 11) is 3.31. The zero-order valence-electron chi connectivity index (χ0n) is 6.78. The van der Waals surface area contributed by atoms with Gasteiger partial charge in [-0.2, -0.15) is 0 Å². The fraction of sp³-hybridized carbons (Fsp3) is 0.714. The molecule has 0 saturated carbocycles. The predicted octanol–water partition coefficient (Wildman–Crippen LogP) is 1.93. The Balaban J connectivity index is 2.53. The van der Waals surface area contributed by atoms with Crippen molar-refractivity contribution >= 4 is 18.9 Å². The highest BCUT2D eigenvalue weighted by atomic mass is 32.7. The molecule has 0 spiro atoms. The second kappa shape index (κ2) is 4.33. The van der Waals surface area contributed by atoms with E-state index in [0.29, 0.717) is 0 Å². The van der Waals surface area contributed by atoms with Crippen LogP contribution in [0.25, 0.3) is 0 Å². The standard InChI is InChI=1S/C7H12NOPS/c1-4-7-5-6-11-10(9-3)8(7)2/h1,7H,5-6H2,2-3H3. The van der Waals surface area contributed by atoms with Crippen LogP contribution in [0, 0.1) is 12.3 Å². The number of nitrogens with zero attached hydrogens (tertiary/aromatic N) is 1. The molecule has 1 saturated heterocycles. The lowest BCUT2D eigenvalue weighted by molar-refractivity contribution is 0.377. The first kappa shape index (κ1) is 9.35. The second-order valence-electron chi connectivity index (χ2n) is 2.30. The van der Waals surface area contributed by atoms with Crippen molar-refractivity contribution in [3.8, 4) is 12.3 Å². The molecule has 0 amide bonds. The Kier molecular flexibility index (Phi) is 3.68. The summed E-state index contributed by atoms with van der Waals surface area (Å²) in [6.07, 6.45) is 6.45. The molecular weight excluding hydrogens is 177 g/mol. The molecule has 2 nitrogen and oxygen atoms in total. The van der Waals surface area contributed by atoms with E-state index >= 15 is 0 Å². The molecule has 0 aromatic heterocycles. The molecule has 4 heteroatoms. The minimum atomic E-state index is -0.468. The van der Waals surface area contributed by atoms with Gasteiger partial charge < -0.3 is 4.52 Å². The molecule has 1 heterocycles. The SMILES string of the molecule is C#CC1CCSP(OC)N1C. The van der Waals surface area contributed by atoms with E-state index in [1.54, 1.807) is 7.11 Å². The van der Waals surface area contributed by atoms with Crippen molar-refractivity contribution in [2.45, 2.75) is 12.5 Å². The predicted molar refractivity (Wildman–Crippen MR) is 51.4 cm³/mol. The summed E-state index contributed by atoms with van der Waals surface area (Å²) in [5.41, 5.74) is 0. The van der Waals surface area contributed by atoms with Crippen molar-refractivity contribution in [2.24, 2.45) is 0 Å². The van der Waals surface area contributed by atoms with Gasteiger partial charge >= 0.3 is 0 Å². The fourth-order valence-corrected chi connectivity index (χ4v) is 4.44. The molecule has 1 aliphatic rings. The van der Waals surface area contributed by atoms with Gasteiger partial charge in [0.1, 0.15) is 0 Å². The number of hydrogen-bond donors (Lipinski definition) is 0. The van der Waals surface area contributed by atoms with Gasteiger partial charge in [0.2, 0.25) is 0 Å². The third-order valence-corrected chi connectivity index (χ3v) is 5.83. The molecule has 0 aromatic carbocycles. The first-order valence-corrected chi connectivity index (χ1v) is 6.26. The molecule has 1 rings (SSSR count). The molecule has 0 bridgehead atoms. The average molecular weight is 189 g/mol. The van der Waals surface area contributed by atoms with Crippen molar-refractivity contribution in [3.63, 3.8) is 0 Å². The Labute approximate surface area is 73.3 Å². The van der Waals surface area contributed by atoms with E-state index in [9.17, 15) is 0 Å². The van der Waals surface area contributed by atoms with E-state index in [-0.39, 0.29) is 6.04 Å². The molecule has 1 fully saturated rings. The van der Waals surface area contributed by atoms with Gasteiger partial charge in [0.05, 0.1) is 6.04 Å². The van der Waals surface area contributed by atoms with Crippen molar-refractivity contribution < 1.29 is 4.52 Å². The van der Waals surface area contributed by atoms with E-state index in [4.69, 9.17) is 10.9 Å². The Morgan fingerprint density at radius 1 is 1.82 bits per heavy atom. The van der Waals surface area contributed by atoms with Crippen LogP contribution in [-0.2, 0) is 4.52 Å². The van der Waals surface area contributed by atoms with E-state index in [1.165, 1.54) is 0 Å². The van der Waals surface area contributed by atoms with E-state index in [1.807, 2.05) is 18.4 Å². The van der Waals surface area contributed by atoms with Crippen LogP contribution < -0.4 is 0 Å². The van der Waals surface area contributed by atoms with Gasteiger partial charge in [-0.1, -0.05) is 17.3 Å². The molecular formula is C7H12NOPS. The molecule has 62 valence electrons. The maximum atomic E-state index is 5.36. The average Bonchev–Trinajstić information content (AvgIpc) is 2.05. The quantitative estimate of drug-likeness (QED) is 0.462. The minimum absolute atomic E-state index is 0.280. The molecule has 0 aromatic rings. The third kappa shape index (κ3) is 2.10. The smallest absolute Gasteiger partial charge is 0.169 e. The summed E-state index contributed by atoms with van der Waals surface area (Å²) in [6.45, 7) is 0. The van der Waals surface area contributed by atoms with Crippen molar-refractivity contribution in [1.82, 2.24) is 4.67 Å². The molecule has 1 aliphatic heterocycles. The Bertz CT molecular complexity index is 170. The maximum absolute atomic E-state index is 5.36. The minimum Gasteiger partial charge on any atom is -0.339 e. The largest absolute Gasteiger partial charge is 0.339 e. The third-order valence-electron chi connectivity index (χ3n) is 1.65. The zero-order valence-corrected chi connectivity index (χ0v) is 8.49. The van der Waals surface area contributed by atoms with Crippen LogP contribution >= 0.6 is 18.9 Å². The lowest BCUT2D eigenvalue weighted by Crippen LogP contribution is -2.29. The first-order chi connectivity index (χ1) is 5.29. The lowest BCUT2D eigenvalue weighted by atomic mass is 10.2. The van der Waals surface area contributed by atoms with Crippen molar-refractivity contribution in [3.05, 3.63) is 0 Å². The maximum Gasteiger partial charge on any atom is 0.169 e. The van der Waals surface area contributed by atoms with E-state index in [2.05, 4.69) is 10.6 Å². The Morgan fingerprint density at radius 2 is 2.55 bits per heavy atom. The first-order valence-electron chi connectivity index (χ1n) is 3.45. The summed E-state index contributed by atoms with van der Waals surface area (Å²) in [6, 6.07) is 0.280. The van der Waals surface area contributed by atoms with Gasteiger partial charge in [-0.25, -0.2) is 4.67 Å². The van der Waals surface area contributed by atoms with E-state index < -0.39 is 7.50 Å². The van der Waals surface area contributed by atoms with Gasteiger partial charge in [-0.15, -0.1) is 6.42 Å². The summed E-state index contributed by atoms with van der Waals surface area (Å²) < 4.78 is 7.45. The van der Waals surface area contributed by atoms with Crippen molar-refractivity contribution in [2.75, 3.05) is 19.9 Å². The number of rotatable bonds is 1. The molecule has 11 heavy (non-hydrogen) atoms. The normalized spacial score (nSPS) is 33.2. The van der Waals surface area contributed by atoms with Crippen LogP contribution in [0.15, 0.2) is 0 Å². The van der Waals surface area contributed by atoms with Crippen LogP contribution in [0.1, 0.15) is 6.42 Å². The highest BCUT2D eigenvalue weighted by Crippen LogP contribution is 2.56. The molecule has 2 unspecified atom stereocenters. The Morgan fingerprint density at radius 3 is 3.09 bits per heavy atom. The molecule has 2 atom stereocenters. The van der Waals surface area contributed by atoms with Crippen LogP contribution in [0.4, 0.5) is 0 Å². The summed E-state index contributed by atoms with van der Waals surface area (Å²) in [4.78, 5) is 0. The van der Waals surface area contributed by atoms with Crippen molar-refractivity contribution in [1.29, 1.82) is 0 Å². The zero-order chi connectivity index (χ0) is 8.27. The number of hydrogen-bond acceptors (Lipinski definition) is 3. The van der Waals surface area contributed by atoms with Gasteiger partial charge in [-0.05, 0) is 13.5 Å². The van der Waals surface area contributed by atoms with Gasteiger partial charge in [-0.3, -0.25) is 0 Å². The molecule has 0 radical (unpaired) electrons. The van der Waals surface area contributed by atoms with Gasteiger partial charge in [0, 0.05) is 12.9 Å². The van der Waals surface area contributed by atoms with Crippen LogP contribution in [0.5, 0.6) is 0 Å². The number of terminal acetylenes is 1. The van der Waals surface area contributed by atoms with E-state index in [0.717, 1.165) is 12.2 Å². The monoisotopic (exact) mass is 189 g/mol. The van der Waals surface area contributed by atoms with Gasteiger partial charge in [0.15, 0.2) is 7.50 Å². The highest BCUT2D eigenvalue weighted by molar-refractivity contribution is 8.53. The highest BCUT2D eigenvalue weighted by Gasteiger charge is 2.26. The summed E-state index contributed by atoms with van der Waals surface area (Å²) >= 11 is 1.86. The van der Waals surface area contributed by atoms with Crippen LogP contribution in [0.2, 0.25) is 0 Å². The molecule has 0 N–H and O–H groups in total. The lowest BCUT2D eigenvalue weighted by Gasteiger charge is -2.33. The van der Waals surface area contributed by atoms with Crippen LogP contribution in [0.3, 0.4) is 0 Å². The fourth-order valence-electron chi connectivity index (χ4n) is 1.01. The van der Waals surface area contributed by atoms with Crippen LogP contribution in [-0.4, -0.2) is 30.6 Å².